The molecule has 4 heterocycles. The largest absolute Gasteiger partial charge is 0.356 e. The van der Waals surface area contributed by atoms with Gasteiger partial charge in [0.1, 0.15) is 11.6 Å². The van der Waals surface area contributed by atoms with Crippen LogP contribution in [0.15, 0.2) is 48.5 Å². The lowest BCUT2D eigenvalue weighted by atomic mass is 9.81. The third kappa shape index (κ3) is 3.66. The molecule has 0 saturated carbocycles. The Kier molecular flexibility index (Phi) is 5.61. The minimum Gasteiger partial charge on any atom is -0.356 e. The lowest BCUT2D eigenvalue weighted by molar-refractivity contribution is -0.133. The number of carbonyl (C=O) groups excluding carboxylic acids is 2. The minimum absolute atomic E-state index is 0.0970. The van der Waals surface area contributed by atoms with Gasteiger partial charge in [-0.05, 0) is 62.2 Å². The molecule has 1 N–H and O–H groups in total. The Balaban J connectivity index is 1.41. The second-order valence-electron chi connectivity index (χ2n) is 10.3. The molecule has 7 heteroatoms. The molecule has 182 valence electrons. The maximum Gasteiger partial charge on any atom is 0.328 e. The molecule has 35 heavy (non-hydrogen) atoms. The van der Waals surface area contributed by atoms with Crippen LogP contribution in [-0.4, -0.2) is 63.3 Å². The van der Waals surface area contributed by atoms with Crippen molar-refractivity contribution in [3.8, 4) is 0 Å². The number of carbonyl (C=O) groups is 2. The first-order valence-electron chi connectivity index (χ1n) is 12.7. The fourth-order valence-corrected chi connectivity index (χ4v) is 6.44. The van der Waals surface area contributed by atoms with E-state index in [2.05, 4.69) is 9.88 Å². The van der Waals surface area contributed by atoms with Crippen molar-refractivity contribution in [1.29, 1.82) is 0 Å². The Morgan fingerprint density at radius 1 is 1.00 bits per heavy atom. The van der Waals surface area contributed by atoms with Crippen LogP contribution in [0.3, 0.4) is 0 Å². The van der Waals surface area contributed by atoms with Crippen molar-refractivity contribution in [2.24, 2.45) is 0 Å². The zero-order chi connectivity index (χ0) is 24.2. The van der Waals surface area contributed by atoms with Crippen molar-refractivity contribution >= 4 is 34.4 Å². The molecule has 3 amide bonds. The molecule has 3 aliphatic rings. The topological polar surface area (TPSA) is 59.7 Å². The number of nitrogens with zero attached hydrogens (tertiary/aromatic N) is 3. The predicted molar refractivity (Wildman–Crippen MR) is 138 cm³/mol. The molecule has 2 saturated heterocycles. The lowest BCUT2D eigenvalue weighted by Crippen LogP contribution is -2.53. The van der Waals surface area contributed by atoms with E-state index >= 15 is 0 Å². The van der Waals surface area contributed by atoms with Gasteiger partial charge in [0, 0.05) is 41.1 Å². The number of hydrogen-bond donors (Lipinski definition) is 1. The summed E-state index contributed by atoms with van der Waals surface area (Å²) in [6.07, 6.45) is 5.37. The second-order valence-corrected chi connectivity index (χ2v) is 10.8. The molecule has 0 aliphatic carbocycles. The zero-order valence-electron chi connectivity index (χ0n) is 20.1. The monoisotopic (exact) mass is 490 g/mol. The molecule has 6 nitrogen and oxygen atoms in total. The first-order valence-corrected chi connectivity index (χ1v) is 13.1. The van der Waals surface area contributed by atoms with Gasteiger partial charge >= 0.3 is 6.03 Å². The second kappa shape index (κ2) is 8.68. The van der Waals surface area contributed by atoms with Crippen molar-refractivity contribution in [1.82, 2.24) is 19.7 Å². The van der Waals surface area contributed by atoms with Crippen molar-refractivity contribution in [3.05, 3.63) is 70.4 Å². The SMILES string of the molecule is C[C@@]12Cc3c([nH]c4ccc(Cl)cc34)[C@@H](c3ccccc3)N1C(=O)N(CCN1CCCCCC1)C2=O. The molecule has 2 aromatic carbocycles. The van der Waals surface area contributed by atoms with Crippen molar-refractivity contribution in [3.63, 3.8) is 0 Å². The van der Waals surface area contributed by atoms with Gasteiger partial charge in [0.15, 0.2) is 0 Å². The molecule has 2 fully saturated rings. The normalized spacial score (nSPS) is 25.1. The Bertz CT molecular complexity index is 1280. The number of aromatic amines is 1. The fraction of sp³-hybridized carbons (Fsp3) is 0.429. The van der Waals surface area contributed by atoms with Crippen LogP contribution in [-0.2, 0) is 11.2 Å². The number of benzene rings is 2. The molecule has 2 atom stereocenters. The summed E-state index contributed by atoms with van der Waals surface area (Å²) in [5.41, 5.74) is 3.07. The van der Waals surface area contributed by atoms with Gasteiger partial charge in [-0.15, -0.1) is 0 Å². The van der Waals surface area contributed by atoms with Crippen molar-refractivity contribution < 1.29 is 9.59 Å². The number of fused-ring (bicyclic) bond motifs is 4. The molecule has 6 rings (SSSR count). The summed E-state index contributed by atoms with van der Waals surface area (Å²) >= 11 is 6.36. The van der Waals surface area contributed by atoms with Gasteiger partial charge in [-0.2, -0.15) is 0 Å². The smallest absolute Gasteiger partial charge is 0.328 e. The van der Waals surface area contributed by atoms with Crippen molar-refractivity contribution in [2.45, 2.75) is 50.6 Å². The van der Waals surface area contributed by atoms with E-state index in [1.807, 2.05) is 60.4 Å². The van der Waals surface area contributed by atoms with E-state index in [1.165, 1.54) is 30.6 Å². The summed E-state index contributed by atoms with van der Waals surface area (Å²) < 4.78 is 0. The third-order valence-electron chi connectivity index (χ3n) is 8.08. The lowest BCUT2D eigenvalue weighted by Gasteiger charge is -2.42. The van der Waals surface area contributed by atoms with E-state index in [9.17, 15) is 9.59 Å². The summed E-state index contributed by atoms with van der Waals surface area (Å²) in [5.74, 6) is -0.0970. The number of aromatic nitrogens is 1. The summed E-state index contributed by atoms with van der Waals surface area (Å²) in [4.78, 5) is 37.2. The molecular weight excluding hydrogens is 460 g/mol. The average molecular weight is 491 g/mol. The van der Waals surface area contributed by atoms with Crippen molar-refractivity contribution in [2.75, 3.05) is 26.2 Å². The summed E-state index contributed by atoms with van der Waals surface area (Å²) in [6.45, 7) is 5.19. The van der Waals surface area contributed by atoms with E-state index in [0.717, 1.165) is 47.4 Å². The number of hydrogen-bond acceptors (Lipinski definition) is 3. The van der Waals surface area contributed by atoms with Crippen LogP contribution in [0.1, 0.15) is 55.5 Å². The highest BCUT2D eigenvalue weighted by Gasteiger charge is 2.60. The molecule has 1 aromatic heterocycles. The van der Waals surface area contributed by atoms with Crippen LogP contribution in [0.25, 0.3) is 10.9 Å². The maximum atomic E-state index is 13.9. The fourth-order valence-electron chi connectivity index (χ4n) is 6.27. The van der Waals surface area contributed by atoms with E-state index < -0.39 is 5.54 Å². The first-order chi connectivity index (χ1) is 17.0. The van der Waals surface area contributed by atoms with Gasteiger partial charge in [0.2, 0.25) is 0 Å². The Morgan fingerprint density at radius 2 is 1.74 bits per heavy atom. The van der Waals surface area contributed by atoms with Gasteiger partial charge < -0.3 is 9.88 Å². The van der Waals surface area contributed by atoms with Crippen LogP contribution in [0.4, 0.5) is 4.79 Å². The van der Waals surface area contributed by atoms with Crippen LogP contribution < -0.4 is 0 Å². The zero-order valence-corrected chi connectivity index (χ0v) is 20.9. The average Bonchev–Trinajstić information content (AvgIpc) is 3.13. The van der Waals surface area contributed by atoms with Gasteiger partial charge in [-0.25, -0.2) is 4.79 Å². The maximum absolute atomic E-state index is 13.9. The number of imide groups is 1. The Hall–Kier alpha value is -2.83. The highest BCUT2D eigenvalue weighted by atomic mass is 35.5. The number of halogens is 1. The number of urea groups is 1. The Morgan fingerprint density at radius 3 is 2.49 bits per heavy atom. The first kappa shape index (κ1) is 22.6. The van der Waals surface area contributed by atoms with E-state index in [1.54, 1.807) is 0 Å². The van der Waals surface area contributed by atoms with Gasteiger partial charge in [-0.3, -0.25) is 14.6 Å². The molecule has 0 spiro atoms. The third-order valence-corrected chi connectivity index (χ3v) is 8.32. The van der Waals surface area contributed by atoms with E-state index in [-0.39, 0.29) is 18.0 Å². The quantitative estimate of drug-likeness (QED) is 0.500. The molecular formula is C28H31ClN4O2. The number of H-pyrrole nitrogens is 1. The molecule has 3 aromatic rings. The van der Waals surface area contributed by atoms with E-state index in [4.69, 9.17) is 11.6 Å². The highest BCUT2D eigenvalue weighted by molar-refractivity contribution is 6.31. The number of amides is 3. The summed E-state index contributed by atoms with van der Waals surface area (Å²) in [5, 5.41) is 1.69. The number of likely N-dealkylation sites (tertiary alicyclic amines) is 1. The Labute approximate surface area is 210 Å². The number of rotatable bonds is 4. The van der Waals surface area contributed by atoms with Crippen LogP contribution in [0, 0.1) is 0 Å². The van der Waals surface area contributed by atoms with Gasteiger partial charge in [-0.1, -0.05) is 54.8 Å². The van der Waals surface area contributed by atoms with Gasteiger partial charge in [0.05, 0.1) is 0 Å². The standard InChI is InChI=1S/C28H31ClN4O2/c1-28-18-22-21-17-20(29)11-12-23(21)30-24(22)25(19-9-5-4-6-10-19)33(28)27(35)32(26(28)34)16-15-31-13-7-2-3-8-14-31/h4-6,9-12,17,25,30H,2-3,7-8,13-16,18H2,1H3/t25-,28+/m1/s1. The molecule has 0 radical (unpaired) electrons. The summed E-state index contributed by atoms with van der Waals surface area (Å²) in [6, 6.07) is 15.3. The van der Waals surface area contributed by atoms with Gasteiger partial charge in [0.25, 0.3) is 5.91 Å². The van der Waals surface area contributed by atoms with Crippen LogP contribution in [0.5, 0.6) is 0 Å². The molecule has 3 aliphatic heterocycles. The van der Waals surface area contributed by atoms with E-state index in [0.29, 0.717) is 18.0 Å². The molecule has 0 unspecified atom stereocenters. The van der Waals surface area contributed by atoms with Crippen LogP contribution in [0.2, 0.25) is 5.02 Å². The minimum atomic E-state index is -0.944. The predicted octanol–water partition coefficient (Wildman–Crippen LogP) is 5.37. The molecule has 0 bridgehead atoms. The van der Waals surface area contributed by atoms with Crippen LogP contribution >= 0.6 is 11.6 Å². The summed E-state index contributed by atoms with van der Waals surface area (Å²) in [7, 11) is 0. The number of nitrogens with one attached hydrogen (secondary N) is 1. The highest BCUT2D eigenvalue weighted by Crippen LogP contribution is 2.48.